The van der Waals surface area contributed by atoms with E-state index in [1.807, 2.05) is 19.1 Å². The number of hydrogen-bond acceptors (Lipinski definition) is 5. The van der Waals surface area contributed by atoms with Crippen molar-refractivity contribution in [3.63, 3.8) is 0 Å². The maximum atomic E-state index is 11.1. The van der Waals surface area contributed by atoms with Gasteiger partial charge < -0.3 is 5.32 Å². The number of nitro groups is 2. The molecule has 0 aliphatic rings. The third kappa shape index (κ3) is 3.34. The summed E-state index contributed by atoms with van der Waals surface area (Å²) in [4.78, 5) is 20.4. The lowest BCUT2D eigenvalue weighted by Gasteiger charge is -2.09. The Morgan fingerprint density at radius 3 is 2.24 bits per heavy atom. The van der Waals surface area contributed by atoms with Gasteiger partial charge in [0.1, 0.15) is 5.69 Å². The number of benzene rings is 2. The van der Waals surface area contributed by atoms with Gasteiger partial charge in [-0.05, 0) is 46.6 Å². The molecule has 0 fully saturated rings. The van der Waals surface area contributed by atoms with E-state index in [-0.39, 0.29) is 17.1 Å². The molecule has 2 aromatic carbocycles. The molecule has 0 atom stereocenters. The second-order valence-electron chi connectivity index (χ2n) is 4.32. The summed E-state index contributed by atoms with van der Waals surface area (Å²) >= 11 is 3.36. The molecule has 0 heterocycles. The Labute approximate surface area is 128 Å². The number of anilines is 2. The molecular weight excluding hydrogens is 342 g/mol. The fourth-order valence-electron chi connectivity index (χ4n) is 1.76. The van der Waals surface area contributed by atoms with Gasteiger partial charge in [0.25, 0.3) is 11.4 Å². The minimum atomic E-state index is -0.668. The van der Waals surface area contributed by atoms with Crippen molar-refractivity contribution in [2.45, 2.75) is 6.92 Å². The molecule has 0 unspecified atom stereocenters. The molecule has 7 nitrogen and oxygen atoms in total. The van der Waals surface area contributed by atoms with Gasteiger partial charge in [0.2, 0.25) is 0 Å². The number of nitrogens with zero attached hydrogens (tertiary/aromatic N) is 2. The van der Waals surface area contributed by atoms with Gasteiger partial charge in [-0.15, -0.1) is 0 Å². The summed E-state index contributed by atoms with van der Waals surface area (Å²) in [6.07, 6.45) is 0. The van der Waals surface area contributed by atoms with Crippen LogP contribution in [-0.4, -0.2) is 9.85 Å². The molecule has 0 saturated heterocycles. The summed E-state index contributed by atoms with van der Waals surface area (Å²) in [5.41, 5.74) is 1.19. The van der Waals surface area contributed by atoms with Crippen LogP contribution in [0.4, 0.5) is 22.7 Å². The summed E-state index contributed by atoms with van der Waals surface area (Å²) in [7, 11) is 0. The number of aryl methyl sites for hydroxylation is 1. The normalized spacial score (nSPS) is 10.2. The zero-order valence-electron chi connectivity index (χ0n) is 10.9. The summed E-state index contributed by atoms with van der Waals surface area (Å²) < 4.78 is 0.746. The second kappa shape index (κ2) is 5.88. The highest BCUT2D eigenvalue weighted by Gasteiger charge is 2.19. The van der Waals surface area contributed by atoms with Gasteiger partial charge >= 0.3 is 0 Å². The van der Waals surface area contributed by atoms with Crippen molar-refractivity contribution in [3.8, 4) is 0 Å². The minimum absolute atomic E-state index is 0.190. The van der Waals surface area contributed by atoms with Crippen molar-refractivity contribution in [1.82, 2.24) is 0 Å². The highest BCUT2D eigenvalue weighted by molar-refractivity contribution is 9.10. The zero-order chi connectivity index (χ0) is 15.6. The number of non-ortho nitro benzene ring substituents is 1. The van der Waals surface area contributed by atoms with Crippen molar-refractivity contribution < 1.29 is 9.85 Å². The van der Waals surface area contributed by atoms with Crippen LogP contribution >= 0.6 is 15.9 Å². The molecule has 2 rings (SSSR count). The molecule has 1 N–H and O–H groups in total. The summed E-state index contributed by atoms with van der Waals surface area (Å²) in [5.74, 6) is 0. The average molecular weight is 352 g/mol. The van der Waals surface area contributed by atoms with Crippen molar-refractivity contribution in [3.05, 3.63) is 66.7 Å². The Hall–Kier alpha value is -2.48. The lowest BCUT2D eigenvalue weighted by molar-refractivity contribution is -0.393. The van der Waals surface area contributed by atoms with Crippen LogP contribution in [-0.2, 0) is 0 Å². The smallest absolute Gasteiger partial charge is 0.299 e. The molecule has 0 saturated carbocycles. The van der Waals surface area contributed by atoms with Crippen LogP contribution in [0.3, 0.4) is 0 Å². The molecule has 0 radical (unpaired) electrons. The molecule has 0 aliphatic heterocycles. The number of rotatable bonds is 4. The lowest BCUT2D eigenvalue weighted by atomic mass is 10.2. The topological polar surface area (TPSA) is 98.3 Å². The summed E-state index contributed by atoms with van der Waals surface area (Å²) in [6, 6.07) is 8.96. The van der Waals surface area contributed by atoms with Crippen molar-refractivity contribution in [2.24, 2.45) is 0 Å². The van der Waals surface area contributed by atoms with E-state index in [9.17, 15) is 20.2 Å². The van der Waals surface area contributed by atoms with Gasteiger partial charge in [0.15, 0.2) is 0 Å². The molecule has 0 amide bonds. The number of halogens is 1. The quantitative estimate of drug-likeness (QED) is 0.653. The molecular formula is C13H10BrN3O4. The summed E-state index contributed by atoms with van der Waals surface area (Å²) in [5, 5.41) is 24.7. The van der Waals surface area contributed by atoms with E-state index in [0.29, 0.717) is 5.69 Å². The van der Waals surface area contributed by atoms with E-state index in [2.05, 4.69) is 21.2 Å². The van der Waals surface area contributed by atoms with E-state index in [4.69, 9.17) is 0 Å². The van der Waals surface area contributed by atoms with Gasteiger partial charge in [0.05, 0.1) is 21.6 Å². The Morgan fingerprint density at radius 1 is 1.00 bits per heavy atom. The third-order valence-corrected chi connectivity index (χ3v) is 3.44. The van der Waals surface area contributed by atoms with Crippen LogP contribution in [0.15, 0.2) is 40.9 Å². The molecule has 0 aliphatic carbocycles. The Kier molecular flexibility index (Phi) is 4.18. The first kappa shape index (κ1) is 14.9. The number of hydrogen-bond donors (Lipinski definition) is 1. The van der Waals surface area contributed by atoms with E-state index < -0.39 is 9.85 Å². The molecule has 8 heteroatoms. The Balaban J connectivity index is 2.44. The van der Waals surface area contributed by atoms with Crippen LogP contribution in [0.2, 0.25) is 0 Å². The maximum Gasteiger partial charge on any atom is 0.299 e. The van der Waals surface area contributed by atoms with Gasteiger partial charge in [-0.1, -0.05) is 6.07 Å². The first-order valence-corrected chi connectivity index (χ1v) is 6.64. The highest BCUT2D eigenvalue weighted by atomic mass is 79.9. The highest BCUT2D eigenvalue weighted by Crippen LogP contribution is 2.33. The molecule has 21 heavy (non-hydrogen) atoms. The van der Waals surface area contributed by atoms with E-state index in [1.54, 1.807) is 6.07 Å². The van der Waals surface area contributed by atoms with Gasteiger partial charge in [-0.2, -0.15) is 0 Å². The standard InChI is InChI=1S/C13H10BrN3O4/c1-8-2-4-11(10(14)6-8)15-12-5-3-9(16(18)19)7-13(12)17(20)21/h2-7,15H,1H3. The van der Waals surface area contributed by atoms with Crippen molar-refractivity contribution >= 4 is 38.7 Å². The monoisotopic (exact) mass is 351 g/mol. The fraction of sp³-hybridized carbons (Fsp3) is 0.0769. The van der Waals surface area contributed by atoms with Crippen LogP contribution in [0.25, 0.3) is 0 Å². The van der Waals surface area contributed by atoms with Crippen LogP contribution in [0.5, 0.6) is 0 Å². The van der Waals surface area contributed by atoms with Crippen LogP contribution in [0, 0.1) is 27.2 Å². The fourth-order valence-corrected chi connectivity index (χ4v) is 2.35. The molecule has 0 spiro atoms. The van der Waals surface area contributed by atoms with E-state index in [0.717, 1.165) is 16.1 Å². The first-order valence-electron chi connectivity index (χ1n) is 5.84. The predicted octanol–water partition coefficient (Wildman–Crippen LogP) is 4.32. The Morgan fingerprint density at radius 2 is 1.67 bits per heavy atom. The molecule has 108 valence electrons. The zero-order valence-corrected chi connectivity index (χ0v) is 12.5. The first-order chi connectivity index (χ1) is 9.88. The molecule has 0 aromatic heterocycles. The van der Waals surface area contributed by atoms with Crippen molar-refractivity contribution in [2.75, 3.05) is 5.32 Å². The lowest BCUT2D eigenvalue weighted by Crippen LogP contribution is -1.99. The SMILES string of the molecule is Cc1ccc(Nc2ccc([N+](=O)[O-])cc2[N+](=O)[O-])c(Br)c1. The largest absolute Gasteiger partial charge is 0.349 e. The Bertz CT molecular complexity index is 733. The van der Waals surface area contributed by atoms with Crippen LogP contribution < -0.4 is 5.32 Å². The summed E-state index contributed by atoms with van der Waals surface area (Å²) in [6.45, 7) is 1.92. The number of nitro benzene ring substituents is 2. The van der Waals surface area contributed by atoms with Gasteiger partial charge in [-0.25, -0.2) is 0 Å². The van der Waals surface area contributed by atoms with Crippen molar-refractivity contribution in [1.29, 1.82) is 0 Å². The van der Waals surface area contributed by atoms with Gasteiger partial charge in [0, 0.05) is 10.5 Å². The second-order valence-corrected chi connectivity index (χ2v) is 5.18. The average Bonchev–Trinajstić information content (AvgIpc) is 2.41. The maximum absolute atomic E-state index is 11.1. The van der Waals surface area contributed by atoms with E-state index in [1.165, 1.54) is 12.1 Å². The molecule has 0 bridgehead atoms. The minimum Gasteiger partial charge on any atom is -0.349 e. The van der Waals surface area contributed by atoms with Gasteiger partial charge in [-0.3, -0.25) is 20.2 Å². The number of nitrogens with one attached hydrogen (secondary N) is 1. The molecule has 2 aromatic rings. The predicted molar refractivity (Wildman–Crippen MR) is 81.9 cm³/mol. The van der Waals surface area contributed by atoms with E-state index >= 15 is 0 Å². The third-order valence-electron chi connectivity index (χ3n) is 2.78. The van der Waals surface area contributed by atoms with Crippen LogP contribution in [0.1, 0.15) is 5.56 Å².